The van der Waals surface area contributed by atoms with E-state index in [1.807, 2.05) is 66.7 Å². The van der Waals surface area contributed by atoms with Crippen molar-refractivity contribution in [2.24, 2.45) is 5.73 Å². The third kappa shape index (κ3) is 3.71. The van der Waals surface area contributed by atoms with E-state index in [0.717, 1.165) is 15.6 Å². The third-order valence-corrected chi connectivity index (χ3v) is 5.16. The van der Waals surface area contributed by atoms with Crippen LogP contribution >= 0.6 is 15.9 Å². The van der Waals surface area contributed by atoms with Crippen LogP contribution in [0, 0.1) is 0 Å². The van der Waals surface area contributed by atoms with Gasteiger partial charge in [-0.2, -0.15) is 0 Å². The Morgan fingerprint density at radius 2 is 1.46 bits per heavy atom. The first kappa shape index (κ1) is 18.4. The van der Waals surface area contributed by atoms with Crippen LogP contribution < -0.4 is 10.5 Å². The Kier molecular flexibility index (Phi) is 5.86. The Morgan fingerprint density at radius 3 is 2.12 bits per heavy atom. The Hall–Kier alpha value is -2.43. The minimum Gasteiger partial charge on any atom is -0.496 e. The highest BCUT2D eigenvalue weighted by Crippen LogP contribution is 2.37. The highest BCUT2D eigenvalue weighted by atomic mass is 79.9. The van der Waals surface area contributed by atoms with Crippen molar-refractivity contribution in [1.82, 2.24) is 0 Å². The summed E-state index contributed by atoms with van der Waals surface area (Å²) in [4.78, 5) is 13.1. The molecular formula is C22H20BrNO2. The van der Waals surface area contributed by atoms with Gasteiger partial charge in [0.1, 0.15) is 5.75 Å². The van der Waals surface area contributed by atoms with Crippen molar-refractivity contribution >= 4 is 21.7 Å². The number of carbonyl (C=O) groups excluding carboxylic acids is 1. The molecule has 0 aliphatic carbocycles. The van der Waals surface area contributed by atoms with E-state index in [1.54, 1.807) is 19.2 Å². The van der Waals surface area contributed by atoms with Gasteiger partial charge in [0.15, 0.2) is 5.78 Å². The molecule has 0 fully saturated rings. The maximum absolute atomic E-state index is 13.1. The van der Waals surface area contributed by atoms with Crippen molar-refractivity contribution in [1.29, 1.82) is 0 Å². The molecule has 0 heterocycles. The van der Waals surface area contributed by atoms with Crippen LogP contribution in [0.1, 0.15) is 27.4 Å². The van der Waals surface area contributed by atoms with E-state index in [2.05, 4.69) is 15.9 Å². The molecule has 3 nitrogen and oxygen atoms in total. The second kappa shape index (κ2) is 8.30. The number of para-hydroxylation sites is 1. The highest BCUT2D eigenvalue weighted by molar-refractivity contribution is 9.10. The standard InChI is InChI=1S/C22H20BrNO2/c1-26-19-14-8-6-12-17(19)20(16-11-5-7-13-18(16)23)21(24)22(25)15-9-3-2-4-10-15/h2-14,20-21H,24H2,1H3. The first-order valence-electron chi connectivity index (χ1n) is 8.35. The van der Waals surface area contributed by atoms with E-state index in [0.29, 0.717) is 11.3 Å². The molecule has 0 saturated heterocycles. The van der Waals surface area contributed by atoms with Crippen molar-refractivity contribution in [2.75, 3.05) is 7.11 Å². The fourth-order valence-electron chi connectivity index (χ4n) is 3.15. The first-order chi connectivity index (χ1) is 12.6. The minimum absolute atomic E-state index is 0.0998. The molecule has 4 heteroatoms. The lowest BCUT2D eigenvalue weighted by atomic mass is 9.81. The van der Waals surface area contributed by atoms with Crippen LogP contribution in [0.15, 0.2) is 83.3 Å². The van der Waals surface area contributed by atoms with Gasteiger partial charge in [0.2, 0.25) is 0 Å². The third-order valence-electron chi connectivity index (χ3n) is 4.43. The number of rotatable bonds is 6. The zero-order valence-electron chi connectivity index (χ0n) is 14.4. The van der Waals surface area contributed by atoms with Crippen molar-refractivity contribution in [2.45, 2.75) is 12.0 Å². The second-order valence-electron chi connectivity index (χ2n) is 6.00. The molecule has 0 bridgehead atoms. The van der Waals surface area contributed by atoms with Crippen LogP contribution in [0.4, 0.5) is 0 Å². The van der Waals surface area contributed by atoms with E-state index in [9.17, 15) is 4.79 Å². The summed E-state index contributed by atoms with van der Waals surface area (Å²) in [7, 11) is 1.63. The molecule has 0 amide bonds. The van der Waals surface area contributed by atoms with Crippen molar-refractivity contribution in [3.8, 4) is 5.75 Å². The number of carbonyl (C=O) groups is 1. The smallest absolute Gasteiger partial charge is 0.180 e. The van der Waals surface area contributed by atoms with E-state index in [1.165, 1.54) is 0 Å². The van der Waals surface area contributed by atoms with Crippen LogP contribution in [0.2, 0.25) is 0 Å². The van der Waals surface area contributed by atoms with Crippen molar-refractivity contribution < 1.29 is 9.53 Å². The van der Waals surface area contributed by atoms with Gasteiger partial charge >= 0.3 is 0 Å². The molecule has 132 valence electrons. The number of methoxy groups -OCH3 is 1. The first-order valence-corrected chi connectivity index (χ1v) is 9.15. The Labute approximate surface area is 161 Å². The van der Waals surface area contributed by atoms with Crippen LogP contribution in [-0.4, -0.2) is 18.9 Å². The van der Waals surface area contributed by atoms with Gasteiger partial charge in [0, 0.05) is 21.5 Å². The van der Waals surface area contributed by atoms with Crippen LogP contribution in [0.5, 0.6) is 5.75 Å². The van der Waals surface area contributed by atoms with Gasteiger partial charge in [-0.1, -0.05) is 82.7 Å². The summed E-state index contributed by atoms with van der Waals surface area (Å²) in [6.45, 7) is 0. The SMILES string of the molecule is COc1ccccc1C(c1ccccc1Br)C(N)C(=O)c1ccccc1. The maximum atomic E-state index is 13.1. The number of ketones is 1. The molecule has 2 N–H and O–H groups in total. The fraction of sp³-hybridized carbons (Fsp3) is 0.136. The number of nitrogens with two attached hydrogens (primary N) is 1. The predicted molar refractivity (Wildman–Crippen MR) is 108 cm³/mol. The number of hydrogen-bond donors (Lipinski definition) is 1. The number of halogens is 1. The summed E-state index contributed by atoms with van der Waals surface area (Å²) < 4.78 is 6.45. The van der Waals surface area contributed by atoms with Gasteiger partial charge < -0.3 is 10.5 Å². The molecule has 26 heavy (non-hydrogen) atoms. The van der Waals surface area contributed by atoms with Crippen LogP contribution in [0.3, 0.4) is 0 Å². The van der Waals surface area contributed by atoms with Crippen LogP contribution in [-0.2, 0) is 0 Å². The van der Waals surface area contributed by atoms with E-state index >= 15 is 0 Å². The fourth-order valence-corrected chi connectivity index (χ4v) is 3.68. The van der Waals surface area contributed by atoms with Gasteiger partial charge in [-0.3, -0.25) is 4.79 Å². The lowest BCUT2D eigenvalue weighted by molar-refractivity contribution is 0.0953. The lowest BCUT2D eigenvalue weighted by Gasteiger charge is -2.26. The number of ether oxygens (including phenoxy) is 1. The average Bonchev–Trinajstić information content (AvgIpc) is 2.70. The topological polar surface area (TPSA) is 52.3 Å². The Morgan fingerprint density at radius 1 is 0.885 bits per heavy atom. The summed E-state index contributed by atoms with van der Waals surface area (Å²) >= 11 is 3.61. The molecule has 2 unspecified atom stereocenters. The molecule has 0 spiro atoms. The second-order valence-corrected chi connectivity index (χ2v) is 6.85. The zero-order valence-corrected chi connectivity index (χ0v) is 16.0. The quantitative estimate of drug-likeness (QED) is 0.594. The van der Waals surface area contributed by atoms with Gasteiger partial charge in [0.05, 0.1) is 13.2 Å². The Balaban J connectivity index is 2.12. The normalized spacial score (nSPS) is 13.0. The molecule has 0 radical (unpaired) electrons. The molecule has 2 atom stereocenters. The van der Waals surface area contributed by atoms with E-state index in [4.69, 9.17) is 10.5 Å². The summed E-state index contributed by atoms with van der Waals surface area (Å²) in [5.74, 6) is 0.274. The summed E-state index contributed by atoms with van der Waals surface area (Å²) in [5.41, 5.74) is 8.97. The van der Waals surface area contributed by atoms with Gasteiger partial charge in [-0.15, -0.1) is 0 Å². The maximum Gasteiger partial charge on any atom is 0.180 e. The number of Topliss-reactive ketones (excluding diaryl/α,β-unsaturated/α-hetero) is 1. The molecule has 0 saturated carbocycles. The molecule has 3 aromatic rings. The summed E-state index contributed by atoms with van der Waals surface area (Å²) in [6, 6.07) is 23.9. The molecular weight excluding hydrogens is 390 g/mol. The average molecular weight is 410 g/mol. The van der Waals surface area contributed by atoms with Gasteiger partial charge in [0.25, 0.3) is 0 Å². The highest BCUT2D eigenvalue weighted by Gasteiger charge is 2.31. The molecule has 3 rings (SSSR count). The van der Waals surface area contributed by atoms with Crippen molar-refractivity contribution in [3.05, 3.63) is 100 Å². The lowest BCUT2D eigenvalue weighted by Crippen LogP contribution is -2.37. The molecule has 0 aliphatic rings. The zero-order chi connectivity index (χ0) is 18.5. The van der Waals surface area contributed by atoms with Gasteiger partial charge in [-0.05, 0) is 17.7 Å². The Bertz CT molecular complexity index is 895. The monoisotopic (exact) mass is 409 g/mol. The minimum atomic E-state index is -0.743. The molecule has 3 aromatic carbocycles. The molecule has 0 aromatic heterocycles. The largest absolute Gasteiger partial charge is 0.496 e. The summed E-state index contributed by atoms with van der Waals surface area (Å²) in [6.07, 6.45) is 0. The van der Waals surface area contributed by atoms with Crippen molar-refractivity contribution in [3.63, 3.8) is 0 Å². The van der Waals surface area contributed by atoms with Crippen LogP contribution in [0.25, 0.3) is 0 Å². The predicted octanol–water partition coefficient (Wildman–Crippen LogP) is 4.80. The molecule has 0 aliphatic heterocycles. The van der Waals surface area contributed by atoms with E-state index in [-0.39, 0.29) is 11.7 Å². The number of benzene rings is 3. The van der Waals surface area contributed by atoms with Gasteiger partial charge in [-0.25, -0.2) is 0 Å². The number of hydrogen-bond acceptors (Lipinski definition) is 3. The van der Waals surface area contributed by atoms with E-state index < -0.39 is 6.04 Å². The summed E-state index contributed by atoms with van der Waals surface area (Å²) in [5, 5.41) is 0.